The van der Waals surface area contributed by atoms with Crippen LogP contribution in [0, 0.1) is 11.7 Å². The molecule has 7 nitrogen and oxygen atoms in total. The number of nitrogens with zero attached hydrogens (tertiary/aromatic N) is 3. The predicted octanol–water partition coefficient (Wildman–Crippen LogP) is 5.03. The summed E-state index contributed by atoms with van der Waals surface area (Å²) in [6.07, 6.45) is 1.48. The average molecular weight is 512 g/mol. The summed E-state index contributed by atoms with van der Waals surface area (Å²) in [5, 5.41) is 15.6. The molecule has 1 aliphatic rings. The first kappa shape index (κ1) is 27.3. The minimum absolute atomic E-state index is 0.105. The van der Waals surface area contributed by atoms with Crippen molar-refractivity contribution in [3.8, 4) is 22.9 Å². The van der Waals surface area contributed by atoms with Crippen LogP contribution in [-0.4, -0.2) is 64.9 Å². The Hall–Kier alpha value is -2.78. The third-order valence-electron chi connectivity index (χ3n) is 6.24. The van der Waals surface area contributed by atoms with Crippen molar-refractivity contribution in [2.45, 2.75) is 45.4 Å². The van der Waals surface area contributed by atoms with E-state index in [1.807, 2.05) is 37.4 Å². The number of hydrogen-bond acceptors (Lipinski definition) is 6. The number of hydrogen-bond donors (Lipinski definition) is 1. The Balaban J connectivity index is 1.63. The second-order valence-electron chi connectivity index (χ2n) is 10.1. The zero-order chi connectivity index (χ0) is 26.2. The first-order valence-corrected chi connectivity index (χ1v) is 13.0. The molecule has 0 amide bonds. The van der Waals surface area contributed by atoms with Gasteiger partial charge in [0.15, 0.2) is 0 Å². The summed E-state index contributed by atoms with van der Waals surface area (Å²) in [6, 6.07) is 16.0. The molecule has 0 spiro atoms. The van der Waals surface area contributed by atoms with Gasteiger partial charge < -0.3 is 19.3 Å². The molecule has 1 aliphatic heterocycles. The summed E-state index contributed by atoms with van der Waals surface area (Å²) in [5.41, 5.74) is 2.61. The molecule has 2 aromatic carbocycles. The Kier molecular flexibility index (Phi) is 9.68. The number of halogens is 1. The summed E-state index contributed by atoms with van der Waals surface area (Å²) in [6.45, 7) is 7.37. The van der Waals surface area contributed by atoms with Gasteiger partial charge in [0.2, 0.25) is 5.88 Å². The Morgan fingerprint density at radius 3 is 2.68 bits per heavy atom. The fourth-order valence-corrected chi connectivity index (χ4v) is 4.59. The molecule has 2 atom stereocenters. The van der Waals surface area contributed by atoms with Crippen molar-refractivity contribution in [1.29, 1.82) is 0 Å². The van der Waals surface area contributed by atoms with Crippen molar-refractivity contribution >= 4 is 0 Å². The minimum atomic E-state index is -0.649. The number of aromatic nitrogens is 2. The van der Waals surface area contributed by atoms with Crippen LogP contribution in [0.5, 0.6) is 11.6 Å². The lowest BCUT2D eigenvalue weighted by atomic mass is 10.1. The highest BCUT2D eigenvalue weighted by atomic mass is 19.1. The highest BCUT2D eigenvalue weighted by molar-refractivity contribution is 5.65. The van der Waals surface area contributed by atoms with Gasteiger partial charge in [0.25, 0.3) is 0 Å². The average Bonchev–Trinajstić information content (AvgIpc) is 3.48. The van der Waals surface area contributed by atoms with E-state index in [-0.39, 0.29) is 18.5 Å². The van der Waals surface area contributed by atoms with Crippen LogP contribution in [0.3, 0.4) is 0 Å². The molecule has 1 N–H and O–H groups in total. The number of aliphatic hydroxyl groups is 1. The van der Waals surface area contributed by atoms with E-state index in [1.165, 1.54) is 12.1 Å². The topological polar surface area (TPSA) is 69.0 Å². The van der Waals surface area contributed by atoms with Crippen LogP contribution in [0.15, 0.2) is 54.6 Å². The summed E-state index contributed by atoms with van der Waals surface area (Å²) < 4.78 is 33.4. The largest absolute Gasteiger partial charge is 0.439 e. The quantitative estimate of drug-likeness (QED) is 0.347. The van der Waals surface area contributed by atoms with Crippen LogP contribution >= 0.6 is 0 Å². The van der Waals surface area contributed by atoms with Gasteiger partial charge in [-0.25, -0.2) is 9.07 Å². The molecule has 1 fully saturated rings. The molecule has 1 saturated heterocycles. The maximum Gasteiger partial charge on any atom is 0.222 e. The van der Waals surface area contributed by atoms with Gasteiger partial charge in [0.1, 0.15) is 17.3 Å². The number of aryl methyl sites for hydroxylation is 1. The van der Waals surface area contributed by atoms with E-state index in [0.29, 0.717) is 43.8 Å². The first-order chi connectivity index (χ1) is 17.9. The third kappa shape index (κ3) is 7.85. The van der Waals surface area contributed by atoms with Crippen molar-refractivity contribution in [2.75, 3.05) is 32.9 Å². The summed E-state index contributed by atoms with van der Waals surface area (Å²) in [5.74, 6) is 0.972. The van der Waals surface area contributed by atoms with Crippen LogP contribution in [0.2, 0.25) is 0 Å². The predicted molar refractivity (Wildman–Crippen MR) is 141 cm³/mol. The van der Waals surface area contributed by atoms with E-state index in [0.717, 1.165) is 36.3 Å². The Morgan fingerprint density at radius 1 is 1.16 bits per heavy atom. The normalized spacial score (nSPS) is 16.6. The smallest absolute Gasteiger partial charge is 0.222 e. The van der Waals surface area contributed by atoms with Gasteiger partial charge in [-0.3, -0.25) is 4.90 Å². The molecule has 0 aliphatic carbocycles. The lowest BCUT2D eigenvalue weighted by Gasteiger charge is -2.28. The summed E-state index contributed by atoms with van der Waals surface area (Å²) in [7, 11) is 1.82. The first-order valence-electron chi connectivity index (χ1n) is 13.0. The van der Waals surface area contributed by atoms with E-state index >= 15 is 0 Å². The fourth-order valence-electron chi connectivity index (χ4n) is 4.59. The Morgan fingerprint density at radius 2 is 1.97 bits per heavy atom. The summed E-state index contributed by atoms with van der Waals surface area (Å²) >= 11 is 0. The molecule has 0 bridgehead atoms. The zero-order valence-corrected chi connectivity index (χ0v) is 22.0. The molecule has 8 heteroatoms. The highest BCUT2D eigenvalue weighted by Crippen LogP contribution is 2.34. The molecule has 1 aromatic heterocycles. The second-order valence-corrected chi connectivity index (χ2v) is 10.1. The number of benzene rings is 2. The molecule has 0 unspecified atom stereocenters. The molecule has 2 heterocycles. The molecule has 37 heavy (non-hydrogen) atoms. The van der Waals surface area contributed by atoms with Crippen molar-refractivity contribution < 1.29 is 23.7 Å². The van der Waals surface area contributed by atoms with Crippen molar-refractivity contribution in [3.05, 3.63) is 66.0 Å². The third-order valence-corrected chi connectivity index (χ3v) is 6.24. The molecule has 0 saturated carbocycles. The van der Waals surface area contributed by atoms with Gasteiger partial charge in [0.05, 0.1) is 24.4 Å². The van der Waals surface area contributed by atoms with Gasteiger partial charge in [-0.05, 0) is 30.9 Å². The van der Waals surface area contributed by atoms with E-state index in [1.54, 1.807) is 16.8 Å². The lowest BCUT2D eigenvalue weighted by Crippen LogP contribution is -2.39. The van der Waals surface area contributed by atoms with Gasteiger partial charge in [0, 0.05) is 51.5 Å². The molecule has 4 rings (SSSR count). The van der Waals surface area contributed by atoms with Gasteiger partial charge in [-0.15, -0.1) is 0 Å². The number of rotatable bonds is 13. The number of aliphatic hydroxyl groups excluding tert-OH is 1. The minimum Gasteiger partial charge on any atom is -0.439 e. The SMILES string of the molecule is CC(C)COC[C@@H](O)CN(Cc1c(-c2ccccc2)nn(C)c1Oc1cccc(F)c1)C[C@H]1CCCO1. The standard InChI is InChI=1S/C29H38FN3O4/c1-21(2)19-35-20-24(34)16-33(17-26-13-8-14-36-26)18-27-28(22-9-5-4-6-10-22)31-32(3)29(27)37-25-12-7-11-23(30)15-25/h4-7,9-12,15,21,24,26,34H,8,13-14,16-20H2,1-3H3/t24-,26+/m0/s1. The van der Waals surface area contributed by atoms with E-state index < -0.39 is 6.10 Å². The van der Waals surface area contributed by atoms with Crippen molar-refractivity contribution in [1.82, 2.24) is 14.7 Å². The second kappa shape index (κ2) is 13.1. The molecular weight excluding hydrogens is 473 g/mol. The number of ether oxygens (including phenoxy) is 3. The van der Waals surface area contributed by atoms with E-state index in [2.05, 4.69) is 18.7 Å². The fraction of sp³-hybridized carbons (Fsp3) is 0.483. The Labute approximate surface area is 218 Å². The highest BCUT2D eigenvalue weighted by Gasteiger charge is 2.26. The maximum absolute atomic E-state index is 13.9. The van der Waals surface area contributed by atoms with Crippen molar-refractivity contribution in [3.63, 3.8) is 0 Å². The van der Waals surface area contributed by atoms with Gasteiger partial charge >= 0.3 is 0 Å². The van der Waals surface area contributed by atoms with Crippen LogP contribution < -0.4 is 4.74 Å². The molecule has 0 radical (unpaired) electrons. The van der Waals surface area contributed by atoms with Gasteiger partial charge in [-0.2, -0.15) is 5.10 Å². The lowest BCUT2D eigenvalue weighted by molar-refractivity contribution is -0.00399. The molecule has 200 valence electrons. The van der Waals surface area contributed by atoms with Gasteiger partial charge in [-0.1, -0.05) is 50.2 Å². The van der Waals surface area contributed by atoms with E-state index in [4.69, 9.17) is 19.3 Å². The molecular formula is C29H38FN3O4. The van der Waals surface area contributed by atoms with Crippen molar-refractivity contribution in [2.24, 2.45) is 13.0 Å². The van der Waals surface area contributed by atoms with Crippen LogP contribution in [0.25, 0.3) is 11.3 Å². The zero-order valence-electron chi connectivity index (χ0n) is 22.0. The van der Waals surface area contributed by atoms with Crippen LogP contribution in [0.4, 0.5) is 4.39 Å². The van der Waals surface area contributed by atoms with Crippen LogP contribution in [0.1, 0.15) is 32.3 Å². The Bertz CT molecular complexity index is 1120. The molecule has 3 aromatic rings. The maximum atomic E-state index is 13.9. The monoisotopic (exact) mass is 511 g/mol. The van der Waals surface area contributed by atoms with Crippen LogP contribution in [-0.2, 0) is 23.1 Å². The summed E-state index contributed by atoms with van der Waals surface area (Å²) in [4.78, 5) is 2.18. The van der Waals surface area contributed by atoms with E-state index in [9.17, 15) is 9.50 Å².